The van der Waals surface area contributed by atoms with E-state index in [0.717, 1.165) is 6.42 Å². The summed E-state index contributed by atoms with van der Waals surface area (Å²) >= 11 is 0. The highest BCUT2D eigenvalue weighted by Crippen LogP contribution is 2.43. The predicted molar refractivity (Wildman–Crippen MR) is 128 cm³/mol. The first-order chi connectivity index (χ1) is 14.9. The van der Waals surface area contributed by atoms with Crippen LogP contribution in [-0.4, -0.2) is 29.9 Å². The van der Waals surface area contributed by atoms with Crippen molar-refractivity contribution in [3.05, 3.63) is 83.4 Å². The summed E-state index contributed by atoms with van der Waals surface area (Å²) in [5.74, 6) is 0.590. The molecule has 164 valence electrons. The molecule has 0 heterocycles. The molecule has 0 bridgehead atoms. The van der Waals surface area contributed by atoms with Gasteiger partial charge in [-0.2, -0.15) is 0 Å². The Bertz CT molecular complexity index is 991. The van der Waals surface area contributed by atoms with E-state index in [1.54, 1.807) is 0 Å². The van der Waals surface area contributed by atoms with Crippen molar-refractivity contribution in [2.24, 2.45) is 5.92 Å². The lowest BCUT2D eigenvalue weighted by atomic mass is 9.93. The van der Waals surface area contributed by atoms with E-state index in [4.69, 9.17) is 4.74 Å². The van der Waals surface area contributed by atoms with Crippen molar-refractivity contribution in [2.45, 2.75) is 57.8 Å². The summed E-state index contributed by atoms with van der Waals surface area (Å²) in [6.07, 6.45) is 2.90. The number of hydrogen-bond acceptors (Lipinski definition) is 3. The normalized spacial score (nSPS) is 16.4. The van der Waals surface area contributed by atoms with Crippen LogP contribution in [0, 0.1) is 12.8 Å². The molecule has 3 aromatic carbocycles. The molecular weight excluding hydrogens is 382 g/mol. The quantitative estimate of drug-likeness (QED) is 0.452. The third-order valence-electron chi connectivity index (χ3n) is 6.20. The minimum atomic E-state index is -0.525. The van der Waals surface area contributed by atoms with Crippen molar-refractivity contribution in [3.8, 4) is 0 Å². The average molecular weight is 418 g/mol. The summed E-state index contributed by atoms with van der Waals surface area (Å²) < 4.78 is 6.20. The van der Waals surface area contributed by atoms with Gasteiger partial charge >= 0.3 is 0 Å². The number of aliphatic hydroxyl groups excluding tert-OH is 1. The van der Waals surface area contributed by atoms with E-state index in [1.165, 1.54) is 40.3 Å². The van der Waals surface area contributed by atoms with E-state index in [0.29, 0.717) is 19.1 Å². The highest BCUT2D eigenvalue weighted by molar-refractivity contribution is 5.83. The molecular formula is C28H35NO2. The third kappa shape index (κ3) is 6.16. The fourth-order valence-corrected chi connectivity index (χ4v) is 4.25. The number of ether oxygens (including phenoxy) is 1. The Labute approximate surface area is 186 Å². The van der Waals surface area contributed by atoms with Gasteiger partial charge in [-0.1, -0.05) is 72.3 Å². The van der Waals surface area contributed by atoms with Gasteiger partial charge in [-0.25, -0.2) is 0 Å². The van der Waals surface area contributed by atoms with Gasteiger partial charge in [0.25, 0.3) is 0 Å². The summed E-state index contributed by atoms with van der Waals surface area (Å²) in [5, 5.41) is 16.7. The molecule has 4 rings (SSSR count). The Kier molecular flexibility index (Phi) is 6.76. The molecule has 0 amide bonds. The van der Waals surface area contributed by atoms with Crippen LogP contribution in [0.25, 0.3) is 10.8 Å². The molecule has 2 N–H and O–H groups in total. The summed E-state index contributed by atoms with van der Waals surface area (Å²) in [7, 11) is 0. The minimum absolute atomic E-state index is 0.0980. The molecule has 1 unspecified atom stereocenters. The van der Waals surface area contributed by atoms with Gasteiger partial charge in [0.1, 0.15) is 0 Å². The standard InChI is InChI=1S/C28H35NO2/c1-20-8-11-23(12-9-20)27(24-14-15-24)31-19-26(30)18-29-28(2,3)17-21-10-13-22-6-4-5-7-25(22)16-21/h4-13,16,24,26-27,29-30H,14-15,17-19H2,1-3H3/t26-,27?/m1/s1. The molecule has 3 nitrogen and oxygen atoms in total. The van der Waals surface area contributed by atoms with Crippen LogP contribution in [0.5, 0.6) is 0 Å². The Hall–Kier alpha value is -2.20. The van der Waals surface area contributed by atoms with Crippen LogP contribution in [0.2, 0.25) is 0 Å². The Balaban J connectivity index is 1.28. The van der Waals surface area contributed by atoms with E-state index < -0.39 is 6.10 Å². The molecule has 3 aromatic rings. The van der Waals surface area contributed by atoms with Gasteiger partial charge in [0.15, 0.2) is 0 Å². The zero-order valence-electron chi connectivity index (χ0n) is 19.0. The molecule has 0 spiro atoms. The molecule has 0 aromatic heterocycles. The van der Waals surface area contributed by atoms with Crippen LogP contribution in [0.1, 0.15) is 49.5 Å². The van der Waals surface area contributed by atoms with Gasteiger partial charge in [0.05, 0.1) is 18.8 Å². The van der Waals surface area contributed by atoms with Crippen molar-refractivity contribution < 1.29 is 9.84 Å². The first-order valence-electron chi connectivity index (χ1n) is 11.5. The predicted octanol–water partition coefficient (Wildman–Crippen LogP) is 5.59. The summed E-state index contributed by atoms with van der Waals surface area (Å²) in [4.78, 5) is 0. The lowest BCUT2D eigenvalue weighted by Gasteiger charge is -2.29. The Morgan fingerprint density at radius 3 is 2.42 bits per heavy atom. The van der Waals surface area contributed by atoms with Gasteiger partial charge in [-0.15, -0.1) is 0 Å². The molecule has 31 heavy (non-hydrogen) atoms. The summed E-state index contributed by atoms with van der Waals surface area (Å²) in [6, 6.07) is 23.7. The molecule has 0 radical (unpaired) electrons. The number of fused-ring (bicyclic) bond motifs is 1. The first-order valence-corrected chi connectivity index (χ1v) is 11.5. The Morgan fingerprint density at radius 2 is 1.71 bits per heavy atom. The Morgan fingerprint density at radius 1 is 1.00 bits per heavy atom. The summed E-state index contributed by atoms with van der Waals surface area (Å²) in [6.45, 7) is 7.36. The fraction of sp³-hybridized carbons (Fsp3) is 0.429. The molecule has 1 aliphatic rings. The smallest absolute Gasteiger partial charge is 0.0898 e. The number of aryl methyl sites for hydroxylation is 1. The maximum atomic E-state index is 10.6. The van der Waals surface area contributed by atoms with Crippen LogP contribution in [0.3, 0.4) is 0 Å². The SMILES string of the molecule is Cc1ccc(C(OC[C@H](O)CNC(C)(C)Cc2ccc3ccccc3c2)C2CC2)cc1. The monoisotopic (exact) mass is 417 g/mol. The second-order valence-corrected chi connectivity index (χ2v) is 9.78. The van der Waals surface area contributed by atoms with Crippen LogP contribution < -0.4 is 5.32 Å². The van der Waals surface area contributed by atoms with Crippen molar-refractivity contribution in [2.75, 3.05) is 13.2 Å². The van der Waals surface area contributed by atoms with Gasteiger partial charge in [-0.05, 0) is 67.9 Å². The molecule has 2 atom stereocenters. The van der Waals surface area contributed by atoms with Crippen molar-refractivity contribution in [1.29, 1.82) is 0 Å². The van der Waals surface area contributed by atoms with Gasteiger partial charge in [-0.3, -0.25) is 0 Å². The van der Waals surface area contributed by atoms with Gasteiger partial charge < -0.3 is 15.2 Å². The van der Waals surface area contributed by atoms with Crippen molar-refractivity contribution >= 4 is 10.8 Å². The minimum Gasteiger partial charge on any atom is -0.389 e. The first kappa shape index (κ1) is 22.0. The number of benzene rings is 3. The zero-order valence-corrected chi connectivity index (χ0v) is 19.0. The second-order valence-electron chi connectivity index (χ2n) is 9.78. The third-order valence-corrected chi connectivity index (χ3v) is 6.20. The topological polar surface area (TPSA) is 41.5 Å². The number of aliphatic hydroxyl groups is 1. The van der Waals surface area contributed by atoms with Crippen LogP contribution in [0.15, 0.2) is 66.7 Å². The van der Waals surface area contributed by atoms with Crippen molar-refractivity contribution in [1.82, 2.24) is 5.32 Å². The fourth-order valence-electron chi connectivity index (χ4n) is 4.25. The van der Waals surface area contributed by atoms with E-state index in [2.05, 4.69) is 92.8 Å². The highest BCUT2D eigenvalue weighted by atomic mass is 16.5. The average Bonchev–Trinajstić information content (AvgIpc) is 3.59. The molecule has 1 aliphatic carbocycles. The second kappa shape index (κ2) is 9.52. The number of rotatable bonds is 10. The number of nitrogens with one attached hydrogen (secondary N) is 1. The molecule has 1 fully saturated rings. The molecule has 3 heteroatoms. The van der Waals surface area contributed by atoms with E-state index in [-0.39, 0.29) is 11.6 Å². The maximum absolute atomic E-state index is 10.6. The van der Waals surface area contributed by atoms with Crippen LogP contribution >= 0.6 is 0 Å². The van der Waals surface area contributed by atoms with E-state index in [9.17, 15) is 5.11 Å². The number of β-amino-alcohol motifs (C(OH)–C–C–N with tert-alkyl or cyclic N) is 1. The van der Waals surface area contributed by atoms with Crippen molar-refractivity contribution in [3.63, 3.8) is 0 Å². The van der Waals surface area contributed by atoms with Crippen LogP contribution in [-0.2, 0) is 11.2 Å². The van der Waals surface area contributed by atoms with E-state index >= 15 is 0 Å². The zero-order chi connectivity index (χ0) is 21.8. The summed E-state index contributed by atoms with van der Waals surface area (Å²) in [5.41, 5.74) is 3.67. The largest absolute Gasteiger partial charge is 0.389 e. The lowest BCUT2D eigenvalue weighted by molar-refractivity contribution is -0.0211. The van der Waals surface area contributed by atoms with Gasteiger partial charge in [0.2, 0.25) is 0 Å². The van der Waals surface area contributed by atoms with Gasteiger partial charge in [0, 0.05) is 12.1 Å². The lowest BCUT2D eigenvalue weighted by Crippen LogP contribution is -2.46. The highest BCUT2D eigenvalue weighted by Gasteiger charge is 2.33. The molecule has 0 saturated heterocycles. The van der Waals surface area contributed by atoms with E-state index in [1.807, 2.05) is 0 Å². The maximum Gasteiger partial charge on any atom is 0.0898 e. The molecule has 0 aliphatic heterocycles. The molecule has 1 saturated carbocycles. The van der Waals surface area contributed by atoms with Crippen LogP contribution in [0.4, 0.5) is 0 Å². The number of hydrogen-bond donors (Lipinski definition) is 2.